The Labute approximate surface area is 163 Å². The average Bonchev–Trinajstić information content (AvgIpc) is 3.04. The molecule has 0 amide bonds. The van der Waals surface area contributed by atoms with E-state index in [4.69, 9.17) is 9.47 Å². The van der Waals surface area contributed by atoms with Crippen LogP contribution in [0.4, 0.5) is 0 Å². The minimum atomic E-state index is -0.436. The minimum Gasteiger partial charge on any atom is -0.468 e. The maximum Gasteiger partial charge on any atom is 0.337 e. The van der Waals surface area contributed by atoms with Crippen LogP contribution >= 0.6 is 0 Å². The second-order valence-corrected chi connectivity index (χ2v) is 6.93. The van der Waals surface area contributed by atoms with E-state index in [1.165, 1.54) is 14.2 Å². The summed E-state index contributed by atoms with van der Waals surface area (Å²) < 4.78 is 12.0. The van der Waals surface area contributed by atoms with Crippen LogP contribution in [0.3, 0.4) is 0 Å². The van der Waals surface area contributed by atoms with E-state index in [1.807, 2.05) is 31.3 Å². The number of rotatable bonds is 3. The fraction of sp³-hybridized carbons (Fsp3) is 0.273. The fourth-order valence-corrected chi connectivity index (χ4v) is 4.09. The molecule has 1 N–H and O–H groups in total. The summed E-state index contributed by atoms with van der Waals surface area (Å²) in [7, 11) is 4.81. The molecule has 0 spiro atoms. The molecular weight excluding hydrogens is 356 g/mol. The number of methoxy groups -OCH3 is 2. The van der Waals surface area contributed by atoms with Crippen molar-refractivity contribution < 1.29 is 19.1 Å². The molecule has 2 atom stereocenters. The zero-order valence-electron chi connectivity index (χ0n) is 16.1. The predicted octanol–water partition coefficient (Wildman–Crippen LogP) is 2.74. The van der Waals surface area contributed by atoms with Crippen LogP contribution in [0.5, 0.6) is 0 Å². The molecular formula is C22H22N2O4. The number of ether oxygens (including phenoxy) is 2. The van der Waals surface area contributed by atoms with E-state index in [0.29, 0.717) is 12.0 Å². The highest BCUT2D eigenvalue weighted by Gasteiger charge is 2.35. The molecule has 6 nitrogen and oxygen atoms in total. The summed E-state index contributed by atoms with van der Waals surface area (Å²) >= 11 is 0. The van der Waals surface area contributed by atoms with Crippen LogP contribution in [0.1, 0.15) is 33.2 Å². The number of benzene rings is 2. The SMILES string of the molecule is COC(=O)c1ccc([C@@H]2N[C@@H](C(=O)OC)Cc3c2n(C)c2ccccc32)cc1. The Morgan fingerprint density at radius 2 is 1.75 bits per heavy atom. The smallest absolute Gasteiger partial charge is 0.337 e. The third-order valence-electron chi connectivity index (χ3n) is 5.46. The number of carbonyl (C=O) groups is 2. The third kappa shape index (κ3) is 2.86. The van der Waals surface area contributed by atoms with Crippen LogP contribution in [0.15, 0.2) is 48.5 Å². The van der Waals surface area contributed by atoms with Crippen molar-refractivity contribution in [1.82, 2.24) is 9.88 Å². The first-order chi connectivity index (χ1) is 13.5. The van der Waals surface area contributed by atoms with Crippen LogP contribution in [0, 0.1) is 0 Å². The Bertz CT molecular complexity index is 1050. The molecule has 2 aromatic carbocycles. The molecule has 28 heavy (non-hydrogen) atoms. The lowest BCUT2D eigenvalue weighted by molar-refractivity contribution is -0.143. The van der Waals surface area contributed by atoms with Gasteiger partial charge in [0.15, 0.2) is 0 Å². The Hall–Kier alpha value is -3.12. The molecule has 0 radical (unpaired) electrons. The van der Waals surface area contributed by atoms with Crippen molar-refractivity contribution in [3.63, 3.8) is 0 Å². The van der Waals surface area contributed by atoms with Crippen molar-refractivity contribution in [2.75, 3.05) is 14.2 Å². The number of aryl methyl sites for hydroxylation is 1. The third-order valence-corrected chi connectivity index (χ3v) is 5.46. The van der Waals surface area contributed by atoms with Gasteiger partial charge in [0.25, 0.3) is 0 Å². The maximum atomic E-state index is 12.3. The molecule has 2 heterocycles. The number of aromatic nitrogens is 1. The topological polar surface area (TPSA) is 69.6 Å². The van der Waals surface area contributed by atoms with E-state index < -0.39 is 6.04 Å². The van der Waals surface area contributed by atoms with Gasteiger partial charge in [-0.1, -0.05) is 30.3 Å². The quantitative estimate of drug-likeness (QED) is 0.710. The van der Waals surface area contributed by atoms with E-state index in [1.54, 1.807) is 12.1 Å². The number of para-hydroxylation sites is 1. The molecule has 3 aromatic rings. The molecule has 0 saturated heterocycles. The van der Waals surface area contributed by atoms with Crippen molar-refractivity contribution in [3.05, 3.63) is 70.9 Å². The molecule has 0 bridgehead atoms. The van der Waals surface area contributed by atoms with E-state index >= 15 is 0 Å². The second kappa shape index (κ2) is 7.13. The molecule has 6 heteroatoms. The normalized spacial score (nSPS) is 18.5. The highest BCUT2D eigenvalue weighted by atomic mass is 16.5. The molecule has 0 fully saturated rings. The first kappa shape index (κ1) is 18.3. The number of hydrogen-bond acceptors (Lipinski definition) is 5. The van der Waals surface area contributed by atoms with Gasteiger partial charge in [-0.05, 0) is 29.3 Å². The van der Waals surface area contributed by atoms with Crippen LogP contribution in [-0.4, -0.2) is 36.8 Å². The van der Waals surface area contributed by atoms with Crippen molar-refractivity contribution in [2.45, 2.75) is 18.5 Å². The largest absolute Gasteiger partial charge is 0.468 e. The zero-order valence-corrected chi connectivity index (χ0v) is 16.1. The minimum absolute atomic E-state index is 0.197. The molecule has 4 rings (SSSR count). The van der Waals surface area contributed by atoms with E-state index in [2.05, 4.69) is 22.0 Å². The summed E-state index contributed by atoms with van der Waals surface area (Å²) in [5, 5.41) is 4.57. The predicted molar refractivity (Wildman–Crippen MR) is 105 cm³/mol. The van der Waals surface area contributed by atoms with Crippen molar-refractivity contribution in [2.24, 2.45) is 7.05 Å². The summed E-state index contributed by atoms with van der Waals surface area (Å²) in [5.74, 6) is -0.657. The molecule has 0 aliphatic carbocycles. The van der Waals surface area contributed by atoms with Crippen molar-refractivity contribution in [3.8, 4) is 0 Å². The summed E-state index contributed by atoms with van der Waals surface area (Å²) in [5.41, 5.74) is 4.84. The van der Waals surface area contributed by atoms with Gasteiger partial charge in [-0.15, -0.1) is 0 Å². The standard InChI is InChI=1S/C22H22N2O4/c1-24-18-7-5-4-6-15(18)16-12-17(22(26)28-3)23-19(20(16)24)13-8-10-14(11-9-13)21(25)27-2/h4-11,17,19,23H,12H2,1-3H3/t17-,19+/m1/s1. The van der Waals surface area contributed by atoms with Crippen molar-refractivity contribution in [1.29, 1.82) is 0 Å². The number of fused-ring (bicyclic) bond motifs is 3. The number of hydrogen-bond donors (Lipinski definition) is 1. The molecule has 1 aromatic heterocycles. The Kier molecular flexibility index (Phi) is 4.65. The van der Waals surface area contributed by atoms with Gasteiger partial charge in [-0.3, -0.25) is 10.1 Å². The molecule has 0 saturated carbocycles. The number of carbonyl (C=O) groups excluding carboxylic acids is 2. The zero-order chi connectivity index (χ0) is 19.8. The molecule has 1 aliphatic rings. The first-order valence-corrected chi connectivity index (χ1v) is 9.13. The Balaban J connectivity index is 1.85. The van der Waals surface area contributed by atoms with Crippen LogP contribution in [-0.2, 0) is 27.7 Å². The summed E-state index contributed by atoms with van der Waals surface area (Å²) in [6, 6.07) is 14.8. The fourth-order valence-electron chi connectivity index (χ4n) is 4.09. The van der Waals surface area contributed by atoms with Crippen LogP contribution in [0.25, 0.3) is 10.9 Å². The van der Waals surface area contributed by atoms with Crippen molar-refractivity contribution >= 4 is 22.8 Å². The van der Waals surface area contributed by atoms with Gasteiger partial charge in [0.1, 0.15) is 6.04 Å². The van der Waals surface area contributed by atoms with Crippen LogP contribution in [0.2, 0.25) is 0 Å². The van der Waals surface area contributed by atoms with Gasteiger partial charge >= 0.3 is 11.9 Å². The number of esters is 2. The lowest BCUT2D eigenvalue weighted by atomic mass is 9.90. The number of nitrogens with zero attached hydrogens (tertiary/aromatic N) is 1. The number of nitrogens with one attached hydrogen (secondary N) is 1. The highest BCUT2D eigenvalue weighted by molar-refractivity contribution is 5.90. The Morgan fingerprint density at radius 1 is 1.04 bits per heavy atom. The average molecular weight is 378 g/mol. The lowest BCUT2D eigenvalue weighted by Crippen LogP contribution is -2.46. The van der Waals surface area contributed by atoms with Gasteiger partial charge in [0, 0.05) is 30.1 Å². The van der Waals surface area contributed by atoms with Gasteiger partial charge in [0.05, 0.1) is 25.8 Å². The van der Waals surface area contributed by atoms with E-state index in [9.17, 15) is 9.59 Å². The maximum absolute atomic E-state index is 12.3. The summed E-state index contributed by atoms with van der Waals surface area (Å²) in [6.07, 6.45) is 0.570. The van der Waals surface area contributed by atoms with E-state index in [-0.39, 0.29) is 18.0 Å². The summed E-state index contributed by atoms with van der Waals surface area (Å²) in [6.45, 7) is 0. The first-order valence-electron chi connectivity index (χ1n) is 9.13. The molecule has 1 aliphatic heterocycles. The van der Waals surface area contributed by atoms with Gasteiger partial charge in [0.2, 0.25) is 0 Å². The highest BCUT2D eigenvalue weighted by Crippen LogP contribution is 2.37. The van der Waals surface area contributed by atoms with Gasteiger partial charge < -0.3 is 14.0 Å². The van der Waals surface area contributed by atoms with E-state index in [0.717, 1.165) is 27.7 Å². The molecule has 144 valence electrons. The lowest BCUT2D eigenvalue weighted by Gasteiger charge is -2.31. The van der Waals surface area contributed by atoms with Crippen LogP contribution < -0.4 is 5.32 Å². The monoisotopic (exact) mass is 378 g/mol. The Morgan fingerprint density at radius 3 is 2.43 bits per heavy atom. The van der Waals surface area contributed by atoms with Gasteiger partial charge in [-0.25, -0.2) is 4.79 Å². The summed E-state index contributed by atoms with van der Waals surface area (Å²) in [4.78, 5) is 24.1. The molecule has 0 unspecified atom stereocenters. The van der Waals surface area contributed by atoms with Gasteiger partial charge in [-0.2, -0.15) is 0 Å². The second-order valence-electron chi connectivity index (χ2n) is 6.93.